The summed E-state index contributed by atoms with van der Waals surface area (Å²) in [5, 5.41) is 12.8. The van der Waals surface area contributed by atoms with Crippen LogP contribution in [0.3, 0.4) is 0 Å². The fourth-order valence-electron chi connectivity index (χ4n) is 2.79. The van der Waals surface area contributed by atoms with Gasteiger partial charge in [-0.25, -0.2) is 9.18 Å². The molecule has 6 heteroatoms. The molecule has 5 nitrogen and oxygen atoms in total. The average molecular weight is 310 g/mol. The molecule has 1 aliphatic rings. The van der Waals surface area contributed by atoms with Crippen molar-refractivity contribution < 1.29 is 19.0 Å². The summed E-state index contributed by atoms with van der Waals surface area (Å²) < 4.78 is 18.9. The number of halogens is 1. The summed E-state index contributed by atoms with van der Waals surface area (Å²) in [6.07, 6.45) is 1.61. The van der Waals surface area contributed by atoms with Crippen molar-refractivity contribution in [2.75, 3.05) is 18.5 Å². The van der Waals surface area contributed by atoms with E-state index >= 15 is 0 Å². The van der Waals surface area contributed by atoms with E-state index < -0.39 is 11.4 Å². The van der Waals surface area contributed by atoms with Crippen molar-refractivity contribution in [3.05, 3.63) is 24.0 Å². The van der Waals surface area contributed by atoms with Gasteiger partial charge in [0.05, 0.1) is 18.2 Å². The zero-order chi connectivity index (χ0) is 16.3. The Hall–Kier alpha value is -1.82. The number of urea groups is 1. The Morgan fingerprint density at radius 2 is 2.27 bits per heavy atom. The molecule has 0 aromatic heterocycles. The second-order valence-electron chi connectivity index (χ2n) is 6.01. The maximum atomic E-state index is 13.8. The second-order valence-corrected chi connectivity index (χ2v) is 6.01. The summed E-state index contributed by atoms with van der Waals surface area (Å²) >= 11 is 0. The quantitative estimate of drug-likeness (QED) is 0.898. The number of ether oxygens (including phenoxy) is 1. The molecule has 2 rings (SSSR count). The number of aliphatic hydroxyl groups is 1. The van der Waals surface area contributed by atoms with E-state index in [1.807, 2.05) is 0 Å². The standard InChI is InChI=1S/C16H23FN2O3/c1-4-22-13-8-7-11(10-12(13)17)18-15(20)19-9-5-6-14(19)16(2,3)21/h7-8,10,14,21H,4-6,9H2,1-3H3,(H,18,20). The van der Waals surface area contributed by atoms with Crippen LogP contribution in [-0.4, -0.2) is 40.8 Å². The first-order valence-corrected chi connectivity index (χ1v) is 7.55. The first kappa shape index (κ1) is 16.5. The van der Waals surface area contributed by atoms with Gasteiger partial charge in [-0.1, -0.05) is 0 Å². The smallest absolute Gasteiger partial charge is 0.322 e. The number of anilines is 1. The van der Waals surface area contributed by atoms with Gasteiger partial charge in [0.25, 0.3) is 0 Å². The number of amides is 2. The van der Waals surface area contributed by atoms with Gasteiger partial charge in [-0.15, -0.1) is 0 Å². The number of carbonyl (C=O) groups is 1. The first-order valence-electron chi connectivity index (χ1n) is 7.55. The van der Waals surface area contributed by atoms with Gasteiger partial charge in [0, 0.05) is 18.3 Å². The molecule has 1 heterocycles. The highest BCUT2D eigenvalue weighted by Crippen LogP contribution is 2.28. The average Bonchev–Trinajstić information content (AvgIpc) is 2.91. The molecule has 1 unspecified atom stereocenters. The molecule has 1 aromatic rings. The van der Waals surface area contributed by atoms with Crippen molar-refractivity contribution in [2.24, 2.45) is 0 Å². The fraction of sp³-hybridized carbons (Fsp3) is 0.562. The fourth-order valence-corrected chi connectivity index (χ4v) is 2.79. The number of hydrogen-bond acceptors (Lipinski definition) is 3. The van der Waals surface area contributed by atoms with Crippen LogP contribution in [0.25, 0.3) is 0 Å². The molecule has 0 bridgehead atoms. The van der Waals surface area contributed by atoms with Gasteiger partial charge < -0.3 is 20.1 Å². The minimum Gasteiger partial charge on any atom is -0.491 e. The number of benzene rings is 1. The van der Waals surface area contributed by atoms with Crippen LogP contribution in [0, 0.1) is 5.82 Å². The largest absolute Gasteiger partial charge is 0.491 e. The SMILES string of the molecule is CCOc1ccc(NC(=O)N2CCCC2C(C)(C)O)cc1F. The second kappa shape index (κ2) is 6.52. The summed E-state index contributed by atoms with van der Waals surface area (Å²) in [4.78, 5) is 13.9. The topological polar surface area (TPSA) is 61.8 Å². The van der Waals surface area contributed by atoms with E-state index in [2.05, 4.69) is 5.32 Å². The highest BCUT2D eigenvalue weighted by Gasteiger charge is 2.38. The lowest BCUT2D eigenvalue weighted by Crippen LogP contribution is -2.49. The molecular formula is C16H23FN2O3. The van der Waals surface area contributed by atoms with Gasteiger partial charge in [0.1, 0.15) is 0 Å². The third kappa shape index (κ3) is 3.68. The van der Waals surface area contributed by atoms with E-state index in [0.29, 0.717) is 18.8 Å². The maximum Gasteiger partial charge on any atom is 0.322 e. The highest BCUT2D eigenvalue weighted by molar-refractivity contribution is 5.89. The van der Waals surface area contributed by atoms with E-state index in [1.54, 1.807) is 31.7 Å². The first-order chi connectivity index (χ1) is 10.3. The van der Waals surface area contributed by atoms with Crippen molar-refractivity contribution >= 4 is 11.7 Å². The lowest BCUT2D eigenvalue weighted by atomic mass is 9.97. The molecule has 1 atom stereocenters. The van der Waals surface area contributed by atoms with Gasteiger partial charge >= 0.3 is 6.03 Å². The molecule has 1 aromatic carbocycles. The predicted molar refractivity (Wildman–Crippen MR) is 82.6 cm³/mol. The lowest BCUT2D eigenvalue weighted by molar-refractivity contribution is 0.0117. The van der Waals surface area contributed by atoms with Gasteiger partial charge in [-0.3, -0.25) is 0 Å². The van der Waals surface area contributed by atoms with Crippen molar-refractivity contribution in [2.45, 2.75) is 45.3 Å². The van der Waals surface area contributed by atoms with Crippen LogP contribution in [-0.2, 0) is 0 Å². The molecule has 2 amide bonds. The Labute approximate surface area is 130 Å². The molecule has 0 aliphatic carbocycles. The summed E-state index contributed by atoms with van der Waals surface area (Å²) in [5.74, 6) is -0.351. The Balaban J connectivity index is 2.07. The molecule has 22 heavy (non-hydrogen) atoms. The minimum absolute atomic E-state index is 0.163. The summed E-state index contributed by atoms with van der Waals surface area (Å²) in [6, 6.07) is 3.76. The van der Waals surface area contributed by atoms with E-state index in [9.17, 15) is 14.3 Å². The van der Waals surface area contributed by atoms with E-state index in [4.69, 9.17) is 4.74 Å². The molecule has 2 N–H and O–H groups in total. The molecule has 0 saturated carbocycles. The Kier molecular flexibility index (Phi) is 4.90. The molecule has 1 saturated heterocycles. The van der Waals surface area contributed by atoms with Crippen LogP contribution in [0.15, 0.2) is 18.2 Å². The molecule has 1 fully saturated rings. The van der Waals surface area contributed by atoms with Crippen molar-refractivity contribution in [1.29, 1.82) is 0 Å². The normalized spacial score (nSPS) is 18.4. The number of likely N-dealkylation sites (tertiary alicyclic amines) is 1. The zero-order valence-electron chi connectivity index (χ0n) is 13.2. The monoisotopic (exact) mass is 310 g/mol. The van der Waals surface area contributed by atoms with Gasteiger partial charge in [0.15, 0.2) is 11.6 Å². The van der Waals surface area contributed by atoms with Crippen LogP contribution < -0.4 is 10.1 Å². The van der Waals surface area contributed by atoms with Crippen molar-refractivity contribution in [3.8, 4) is 5.75 Å². The van der Waals surface area contributed by atoms with E-state index in [-0.39, 0.29) is 17.8 Å². The molecular weight excluding hydrogens is 287 g/mol. The lowest BCUT2D eigenvalue weighted by Gasteiger charge is -2.33. The van der Waals surface area contributed by atoms with Gasteiger partial charge in [-0.05, 0) is 45.7 Å². The number of rotatable bonds is 4. The number of hydrogen-bond donors (Lipinski definition) is 2. The predicted octanol–water partition coefficient (Wildman–Crippen LogP) is 2.99. The maximum absolute atomic E-state index is 13.8. The van der Waals surface area contributed by atoms with Crippen LogP contribution in [0.5, 0.6) is 5.75 Å². The minimum atomic E-state index is -0.960. The summed E-state index contributed by atoms with van der Waals surface area (Å²) in [6.45, 7) is 6.13. The van der Waals surface area contributed by atoms with E-state index in [1.165, 1.54) is 12.1 Å². The van der Waals surface area contributed by atoms with Crippen LogP contribution >= 0.6 is 0 Å². The van der Waals surface area contributed by atoms with E-state index in [0.717, 1.165) is 12.8 Å². The zero-order valence-corrected chi connectivity index (χ0v) is 13.2. The number of carbonyl (C=O) groups excluding carboxylic acids is 1. The summed E-state index contributed by atoms with van der Waals surface area (Å²) in [5.41, 5.74) is -0.592. The van der Waals surface area contributed by atoms with Crippen molar-refractivity contribution in [1.82, 2.24) is 4.90 Å². The van der Waals surface area contributed by atoms with Crippen LogP contribution in [0.2, 0.25) is 0 Å². The highest BCUT2D eigenvalue weighted by atomic mass is 19.1. The molecule has 0 spiro atoms. The van der Waals surface area contributed by atoms with Crippen LogP contribution in [0.1, 0.15) is 33.6 Å². The Bertz CT molecular complexity index is 543. The molecule has 122 valence electrons. The summed E-state index contributed by atoms with van der Waals surface area (Å²) in [7, 11) is 0. The molecule has 1 aliphatic heterocycles. The van der Waals surface area contributed by atoms with Crippen LogP contribution in [0.4, 0.5) is 14.9 Å². The Morgan fingerprint density at radius 3 is 2.86 bits per heavy atom. The molecule has 0 radical (unpaired) electrons. The van der Waals surface area contributed by atoms with Gasteiger partial charge in [0.2, 0.25) is 0 Å². The third-order valence-electron chi connectivity index (χ3n) is 3.81. The number of nitrogens with one attached hydrogen (secondary N) is 1. The third-order valence-corrected chi connectivity index (χ3v) is 3.81. The Morgan fingerprint density at radius 1 is 1.55 bits per heavy atom. The van der Waals surface area contributed by atoms with Gasteiger partial charge in [-0.2, -0.15) is 0 Å². The van der Waals surface area contributed by atoms with Crippen molar-refractivity contribution in [3.63, 3.8) is 0 Å². The number of nitrogens with zero attached hydrogens (tertiary/aromatic N) is 1.